The standard InChI is InChI=1S/C19H27N3O4/c20-19(18(24)25)8-11-21(14-19)12-15-4-6-16(7-5-15)26-13-17(23)22-9-2-1-3-10-22/h4-7H,1-3,8-14,20H2,(H,24,25). The van der Waals surface area contributed by atoms with E-state index in [1.165, 1.54) is 6.42 Å². The lowest BCUT2D eigenvalue weighted by atomic mass is 10.0. The molecule has 2 aliphatic rings. The van der Waals surface area contributed by atoms with Gasteiger partial charge in [-0.2, -0.15) is 0 Å². The quantitative estimate of drug-likeness (QED) is 0.787. The van der Waals surface area contributed by atoms with Gasteiger partial charge < -0.3 is 20.5 Å². The third kappa shape index (κ3) is 4.53. The average Bonchev–Trinajstić information content (AvgIpc) is 3.04. The van der Waals surface area contributed by atoms with Crippen molar-refractivity contribution in [1.82, 2.24) is 9.80 Å². The number of carbonyl (C=O) groups is 2. The first-order chi connectivity index (χ1) is 12.5. The summed E-state index contributed by atoms with van der Waals surface area (Å²) in [6.07, 6.45) is 3.80. The molecule has 2 aliphatic heterocycles. The lowest BCUT2D eigenvalue weighted by molar-refractivity contribution is -0.142. The number of likely N-dealkylation sites (tertiary alicyclic amines) is 2. The summed E-state index contributed by atoms with van der Waals surface area (Å²) in [5.74, 6) is -0.236. The molecule has 0 aromatic heterocycles. The van der Waals surface area contributed by atoms with Gasteiger partial charge in [-0.25, -0.2) is 0 Å². The Hall–Kier alpha value is -2.12. The minimum absolute atomic E-state index is 0.0406. The summed E-state index contributed by atoms with van der Waals surface area (Å²) in [5.41, 5.74) is 5.83. The molecule has 7 nitrogen and oxygen atoms in total. The van der Waals surface area contributed by atoms with Crippen molar-refractivity contribution in [3.63, 3.8) is 0 Å². The van der Waals surface area contributed by atoms with Gasteiger partial charge in [-0.15, -0.1) is 0 Å². The Morgan fingerprint density at radius 2 is 1.81 bits per heavy atom. The van der Waals surface area contributed by atoms with Crippen LogP contribution in [0.2, 0.25) is 0 Å². The van der Waals surface area contributed by atoms with Crippen molar-refractivity contribution in [3.05, 3.63) is 29.8 Å². The van der Waals surface area contributed by atoms with E-state index in [4.69, 9.17) is 10.5 Å². The zero-order valence-corrected chi connectivity index (χ0v) is 15.0. The molecule has 2 fully saturated rings. The number of carboxylic acid groups (broad SMARTS) is 1. The van der Waals surface area contributed by atoms with E-state index in [1.54, 1.807) is 0 Å². The van der Waals surface area contributed by atoms with Crippen LogP contribution in [0, 0.1) is 0 Å². The van der Waals surface area contributed by atoms with Crippen molar-refractivity contribution in [2.24, 2.45) is 5.73 Å². The fourth-order valence-corrected chi connectivity index (χ4v) is 3.55. The summed E-state index contributed by atoms with van der Waals surface area (Å²) in [6.45, 7) is 3.40. The summed E-state index contributed by atoms with van der Waals surface area (Å²) in [7, 11) is 0. The Bertz CT molecular complexity index is 643. The highest BCUT2D eigenvalue weighted by Gasteiger charge is 2.40. The predicted octanol–water partition coefficient (Wildman–Crippen LogP) is 1.07. The molecule has 0 aliphatic carbocycles. The van der Waals surface area contributed by atoms with Crippen LogP contribution < -0.4 is 10.5 Å². The van der Waals surface area contributed by atoms with Crippen LogP contribution in [0.15, 0.2) is 24.3 Å². The predicted molar refractivity (Wildman–Crippen MR) is 96.8 cm³/mol. The van der Waals surface area contributed by atoms with Gasteiger partial charge in [0, 0.05) is 32.7 Å². The van der Waals surface area contributed by atoms with E-state index in [9.17, 15) is 14.7 Å². The molecule has 3 rings (SSSR count). The molecule has 2 saturated heterocycles. The maximum Gasteiger partial charge on any atom is 0.325 e. The van der Waals surface area contributed by atoms with E-state index < -0.39 is 11.5 Å². The molecule has 2 heterocycles. The van der Waals surface area contributed by atoms with Gasteiger partial charge in [0.1, 0.15) is 11.3 Å². The molecule has 0 radical (unpaired) electrons. The van der Waals surface area contributed by atoms with Gasteiger partial charge in [0.2, 0.25) is 0 Å². The third-order valence-corrected chi connectivity index (χ3v) is 5.21. The van der Waals surface area contributed by atoms with Crippen LogP contribution in [0.5, 0.6) is 5.75 Å². The van der Waals surface area contributed by atoms with E-state index in [0.717, 1.165) is 31.5 Å². The molecular formula is C19H27N3O4. The lowest BCUT2D eigenvalue weighted by Gasteiger charge is -2.26. The number of rotatable bonds is 6. The van der Waals surface area contributed by atoms with Crippen molar-refractivity contribution in [2.45, 2.75) is 37.8 Å². The highest BCUT2D eigenvalue weighted by molar-refractivity contribution is 5.79. The number of aliphatic carboxylic acids is 1. The van der Waals surface area contributed by atoms with Crippen LogP contribution in [0.3, 0.4) is 0 Å². The van der Waals surface area contributed by atoms with Crippen molar-refractivity contribution in [3.8, 4) is 5.75 Å². The number of carbonyl (C=O) groups excluding carboxylic acids is 1. The van der Waals surface area contributed by atoms with Gasteiger partial charge in [-0.3, -0.25) is 14.5 Å². The Labute approximate surface area is 153 Å². The van der Waals surface area contributed by atoms with Crippen LogP contribution in [-0.4, -0.2) is 65.1 Å². The number of hydrogen-bond acceptors (Lipinski definition) is 5. The van der Waals surface area contributed by atoms with Gasteiger partial charge >= 0.3 is 5.97 Å². The highest BCUT2D eigenvalue weighted by Crippen LogP contribution is 2.22. The van der Waals surface area contributed by atoms with Crippen LogP contribution in [-0.2, 0) is 16.1 Å². The first-order valence-electron chi connectivity index (χ1n) is 9.20. The van der Waals surface area contributed by atoms with Crippen molar-refractivity contribution in [2.75, 3.05) is 32.8 Å². The van der Waals surface area contributed by atoms with Crippen LogP contribution in [0.1, 0.15) is 31.2 Å². The van der Waals surface area contributed by atoms with Gasteiger partial charge in [0.25, 0.3) is 5.91 Å². The summed E-state index contributed by atoms with van der Waals surface area (Å²) in [5, 5.41) is 9.19. The molecule has 1 unspecified atom stereocenters. The van der Waals surface area contributed by atoms with E-state index in [2.05, 4.69) is 0 Å². The molecule has 1 aromatic rings. The smallest absolute Gasteiger partial charge is 0.325 e. The molecule has 1 aromatic carbocycles. The second kappa shape index (κ2) is 8.05. The molecule has 0 saturated carbocycles. The topological polar surface area (TPSA) is 96.1 Å². The number of nitrogens with zero attached hydrogens (tertiary/aromatic N) is 2. The zero-order valence-electron chi connectivity index (χ0n) is 15.0. The summed E-state index contributed by atoms with van der Waals surface area (Å²) in [6, 6.07) is 7.58. The van der Waals surface area contributed by atoms with Crippen LogP contribution in [0.25, 0.3) is 0 Å². The maximum absolute atomic E-state index is 12.1. The number of hydrogen-bond donors (Lipinski definition) is 2. The van der Waals surface area contributed by atoms with Gasteiger partial charge in [0.15, 0.2) is 6.61 Å². The van der Waals surface area contributed by atoms with Gasteiger partial charge in [-0.1, -0.05) is 12.1 Å². The summed E-state index contributed by atoms with van der Waals surface area (Å²) < 4.78 is 5.61. The number of piperidine rings is 1. The molecule has 1 atom stereocenters. The molecule has 0 spiro atoms. The number of ether oxygens (including phenoxy) is 1. The van der Waals surface area contributed by atoms with E-state index in [1.807, 2.05) is 34.1 Å². The lowest BCUT2D eigenvalue weighted by Crippen LogP contribution is -2.50. The molecule has 3 N–H and O–H groups in total. The number of nitrogens with two attached hydrogens (primary N) is 1. The fraction of sp³-hybridized carbons (Fsp3) is 0.579. The highest BCUT2D eigenvalue weighted by atomic mass is 16.5. The summed E-state index contributed by atoms with van der Waals surface area (Å²) >= 11 is 0. The molecule has 7 heteroatoms. The van der Waals surface area contributed by atoms with E-state index >= 15 is 0 Å². The monoisotopic (exact) mass is 361 g/mol. The SMILES string of the molecule is NC1(C(=O)O)CCN(Cc2ccc(OCC(=O)N3CCCCC3)cc2)C1. The Morgan fingerprint density at radius 1 is 1.12 bits per heavy atom. The first-order valence-corrected chi connectivity index (χ1v) is 9.20. The fourth-order valence-electron chi connectivity index (χ4n) is 3.55. The van der Waals surface area contributed by atoms with Crippen LogP contribution in [0.4, 0.5) is 0 Å². The largest absolute Gasteiger partial charge is 0.484 e. The molecule has 142 valence electrons. The normalized spacial score (nSPS) is 23.8. The van der Waals surface area contributed by atoms with Gasteiger partial charge in [0.05, 0.1) is 0 Å². The van der Waals surface area contributed by atoms with E-state index in [0.29, 0.717) is 31.8 Å². The molecular weight excluding hydrogens is 334 g/mol. The maximum atomic E-state index is 12.1. The second-order valence-electron chi connectivity index (χ2n) is 7.30. The molecule has 0 bridgehead atoms. The number of carboxylic acids is 1. The van der Waals surface area contributed by atoms with Crippen molar-refractivity contribution >= 4 is 11.9 Å². The number of benzene rings is 1. The van der Waals surface area contributed by atoms with E-state index in [-0.39, 0.29) is 12.5 Å². The van der Waals surface area contributed by atoms with Crippen molar-refractivity contribution in [1.29, 1.82) is 0 Å². The average molecular weight is 361 g/mol. The minimum atomic E-state index is -1.14. The van der Waals surface area contributed by atoms with Crippen LogP contribution >= 0.6 is 0 Å². The Balaban J connectivity index is 1.46. The molecule has 26 heavy (non-hydrogen) atoms. The van der Waals surface area contributed by atoms with Crippen molar-refractivity contribution < 1.29 is 19.4 Å². The third-order valence-electron chi connectivity index (χ3n) is 5.21. The van der Waals surface area contributed by atoms with Gasteiger partial charge in [-0.05, 0) is 43.4 Å². The zero-order chi connectivity index (χ0) is 18.6. The second-order valence-corrected chi connectivity index (χ2v) is 7.30. The first kappa shape index (κ1) is 18.7. The minimum Gasteiger partial charge on any atom is -0.484 e. The molecule has 1 amide bonds. The number of amides is 1. The Morgan fingerprint density at radius 3 is 2.42 bits per heavy atom. The Kier molecular flexibility index (Phi) is 5.78. The summed E-state index contributed by atoms with van der Waals surface area (Å²) in [4.78, 5) is 27.2.